The summed E-state index contributed by atoms with van der Waals surface area (Å²) in [5, 5.41) is 3.49. The zero-order chi connectivity index (χ0) is 15.9. The van der Waals surface area contributed by atoms with Crippen LogP contribution in [0, 0.1) is 0 Å². The number of hydrogen-bond donors (Lipinski definition) is 1. The Morgan fingerprint density at radius 2 is 1.86 bits per heavy atom. The monoisotopic (exact) mass is 376 g/mol. The highest BCUT2D eigenvalue weighted by Crippen LogP contribution is 2.19. The molecule has 0 aromatic heterocycles. The van der Waals surface area contributed by atoms with Gasteiger partial charge in [-0.05, 0) is 44.3 Å². The normalized spacial score (nSPS) is 13.6. The van der Waals surface area contributed by atoms with E-state index in [1.165, 1.54) is 11.8 Å². The van der Waals surface area contributed by atoms with Gasteiger partial charge in [-0.15, -0.1) is 0 Å². The predicted octanol–water partition coefficient (Wildman–Crippen LogP) is 2.47. The Balaban J connectivity index is 2.53. The van der Waals surface area contributed by atoms with E-state index in [-0.39, 0.29) is 5.75 Å². The average Bonchev–Trinajstić information content (AvgIpc) is 2.41. The molecular weight excluding hydrogens is 352 g/mol. The molecule has 1 rings (SSSR count). The van der Waals surface area contributed by atoms with Crippen molar-refractivity contribution in [3.63, 3.8) is 0 Å². The fourth-order valence-corrected chi connectivity index (χ4v) is 3.02. The summed E-state index contributed by atoms with van der Waals surface area (Å²) in [6.07, 6.45) is 2.24. The Labute approximate surface area is 137 Å². The van der Waals surface area contributed by atoms with Gasteiger partial charge in [0, 0.05) is 23.3 Å². The molecule has 0 fully saturated rings. The fourth-order valence-electron chi connectivity index (χ4n) is 2.11. The van der Waals surface area contributed by atoms with Crippen molar-refractivity contribution in [2.24, 2.45) is 0 Å². The molecule has 4 nitrogen and oxygen atoms in total. The molecule has 120 valence electrons. The summed E-state index contributed by atoms with van der Waals surface area (Å²) >= 11 is 3.45. The minimum absolute atomic E-state index is 0.216. The van der Waals surface area contributed by atoms with E-state index in [1.807, 2.05) is 19.2 Å². The third-order valence-corrected chi connectivity index (χ3v) is 4.82. The summed E-state index contributed by atoms with van der Waals surface area (Å²) in [5.74, 6) is 0.216. The van der Waals surface area contributed by atoms with Crippen LogP contribution in [0.25, 0.3) is 0 Å². The van der Waals surface area contributed by atoms with Crippen molar-refractivity contribution in [2.75, 3.05) is 38.7 Å². The smallest absolute Gasteiger partial charge is 0.148 e. The molecule has 6 heteroatoms. The third kappa shape index (κ3) is 7.95. The molecule has 0 heterocycles. The highest BCUT2D eigenvalue weighted by atomic mass is 79.9. The lowest BCUT2D eigenvalue weighted by molar-refractivity contribution is 0.323. The number of benzene rings is 1. The first-order chi connectivity index (χ1) is 9.81. The second-order valence-corrected chi connectivity index (χ2v) is 8.56. The number of nitrogens with one attached hydrogen (secondary N) is 1. The molecule has 0 bridgehead atoms. The van der Waals surface area contributed by atoms with Crippen molar-refractivity contribution in [2.45, 2.75) is 19.4 Å². The van der Waals surface area contributed by atoms with Gasteiger partial charge in [0.15, 0.2) is 0 Å². The van der Waals surface area contributed by atoms with Crippen molar-refractivity contribution in [1.82, 2.24) is 10.2 Å². The molecule has 0 saturated heterocycles. The first kappa shape index (κ1) is 18.6. The Morgan fingerprint density at radius 3 is 2.38 bits per heavy atom. The van der Waals surface area contributed by atoms with E-state index in [0.29, 0.717) is 12.6 Å². The topological polar surface area (TPSA) is 49.4 Å². The molecule has 1 N–H and O–H groups in total. The maximum atomic E-state index is 11.2. The van der Waals surface area contributed by atoms with Crippen molar-refractivity contribution < 1.29 is 8.42 Å². The molecule has 21 heavy (non-hydrogen) atoms. The summed E-state index contributed by atoms with van der Waals surface area (Å²) in [4.78, 5) is 2.07. The molecule has 1 atom stereocenters. The Morgan fingerprint density at radius 1 is 1.24 bits per heavy atom. The standard InChI is InChI=1S/C15H25BrN2O2S/c1-4-17-15(13-5-7-14(16)8-6-13)9-10-18(2)11-12-21(3,19)20/h5-8,15,17H,4,9-12H2,1-3H3. The van der Waals surface area contributed by atoms with Gasteiger partial charge in [0.1, 0.15) is 9.84 Å². The van der Waals surface area contributed by atoms with E-state index in [0.717, 1.165) is 24.0 Å². The Hall–Kier alpha value is -0.430. The second kappa shape index (κ2) is 8.88. The van der Waals surface area contributed by atoms with Gasteiger partial charge in [-0.25, -0.2) is 8.42 Å². The maximum Gasteiger partial charge on any atom is 0.148 e. The largest absolute Gasteiger partial charge is 0.310 e. The summed E-state index contributed by atoms with van der Waals surface area (Å²) < 4.78 is 23.4. The van der Waals surface area contributed by atoms with Crippen LogP contribution in [0.1, 0.15) is 24.9 Å². The van der Waals surface area contributed by atoms with Crippen LogP contribution in [0.2, 0.25) is 0 Å². The highest BCUT2D eigenvalue weighted by Gasteiger charge is 2.12. The number of halogens is 1. The van der Waals surface area contributed by atoms with E-state index in [9.17, 15) is 8.42 Å². The molecule has 1 aromatic rings. The number of rotatable bonds is 9. The Kier molecular flexibility index (Phi) is 7.87. The summed E-state index contributed by atoms with van der Waals surface area (Å²) in [6.45, 7) is 4.45. The molecule has 1 aromatic carbocycles. The summed E-state index contributed by atoms with van der Waals surface area (Å²) in [5.41, 5.74) is 1.26. The van der Waals surface area contributed by atoms with Gasteiger partial charge < -0.3 is 10.2 Å². The van der Waals surface area contributed by atoms with E-state index >= 15 is 0 Å². The van der Waals surface area contributed by atoms with E-state index in [2.05, 4.69) is 45.2 Å². The van der Waals surface area contributed by atoms with Gasteiger partial charge in [0.25, 0.3) is 0 Å². The lowest BCUT2D eigenvalue weighted by Gasteiger charge is -2.22. The molecule has 0 radical (unpaired) electrons. The van der Waals surface area contributed by atoms with Crippen LogP contribution in [-0.4, -0.2) is 52.0 Å². The SMILES string of the molecule is CCNC(CCN(C)CCS(C)(=O)=O)c1ccc(Br)cc1. The van der Waals surface area contributed by atoms with Crippen LogP contribution in [0.4, 0.5) is 0 Å². The second-order valence-electron chi connectivity index (χ2n) is 5.38. The van der Waals surface area contributed by atoms with Gasteiger partial charge in [0.2, 0.25) is 0 Å². The van der Waals surface area contributed by atoms with E-state index < -0.39 is 9.84 Å². The first-order valence-corrected chi connectivity index (χ1v) is 10.0. The molecule has 0 aliphatic rings. The molecule has 0 aliphatic carbocycles. The van der Waals surface area contributed by atoms with Crippen LogP contribution < -0.4 is 5.32 Å². The zero-order valence-electron chi connectivity index (χ0n) is 13.0. The van der Waals surface area contributed by atoms with Gasteiger partial charge in [-0.2, -0.15) is 0 Å². The lowest BCUT2D eigenvalue weighted by atomic mass is 10.0. The number of hydrogen-bond acceptors (Lipinski definition) is 4. The molecule has 0 saturated carbocycles. The van der Waals surface area contributed by atoms with E-state index in [1.54, 1.807) is 0 Å². The fraction of sp³-hybridized carbons (Fsp3) is 0.600. The molecular formula is C15H25BrN2O2S. The van der Waals surface area contributed by atoms with Crippen LogP contribution in [0.5, 0.6) is 0 Å². The number of nitrogens with zero attached hydrogens (tertiary/aromatic N) is 1. The minimum atomic E-state index is -2.89. The third-order valence-electron chi connectivity index (χ3n) is 3.37. The molecule has 0 amide bonds. The van der Waals surface area contributed by atoms with Crippen molar-refractivity contribution in [3.8, 4) is 0 Å². The molecule has 0 spiro atoms. The van der Waals surface area contributed by atoms with Crippen LogP contribution >= 0.6 is 15.9 Å². The number of sulfone groups is 1. The highest BCUT2D eigenvalue weighted by molar-refractivity contribution is 9.10. The van der Waals surface area contributed by atoms with E-state index in [4.69, 9.17) is 0 Å². The van der Waals surface area contributed by atoms with Gasteiger partial charge in [-0.1, -0.05) is 35.0 Å². The Bertz CT molecular complexity index is 517. The van der Waals surface area contributed by atoms with Gasteiger partial charge in [0.05, 0.1) is 5.75 Å². The van der Waals surface area contributed by atoms with Crippen LogP contribution in [0.15, 0.2) is 28.7 Å². The minimum Gasteiger partial charge on any atom is -0.310 e. The van der Waals surface area contributed by atoms with Crippen LogP contribution in [-0.2, 0) is 9.84 Å². The quantitative estimate of drug-likeness (QED) is 0.718. The van der Waals surface area contributed by atoms with Gasteiger partial charge >= 0.3 is 0 Å². The lowest BCUT2D eigenvalue weighted by Crippen LogP contribution is -2.30. The maximum absolute atomic E-state index is 11.2. The van der Waals surface area contributed by atoms with Crippen molar-refractivity contribution >= 4 is 25.8 Å². The zero-order valence-corrected chi connectivity index (χ0v) is 15.4. The summed E-state index contributed by atoms with van der Waals surface area (Å²) in [7, 11) is -0.919. The van der Waals surface area contributed by atoms with Crippen LogP contribution in [0.3, 0.4) is 0 Å². The summed E-state index contributed by atoms with van der Waals surface area (Å²) in [6, 6.07) is 8.63. The molecule has 1 unspecified atom stereocenters. The predicted molar refractivity (Wildman–Crippen MR) is 92.4 cm³/mol. The first-order valence-electron chi connectivity index (χ1n) is 7.17. The average molecular weight is 377 g/mol. The van der Waals surface area contributed by atoms with Crippen molar-refractivity contribution in [1.29, 1.82) is 0 Å². The van der Waals surface area contributed by atoms with Crippen molar-refractivity contribution in [3.05, 3.63) is 34.3 Å². The molecule has 0 aliphatic heterocycles. The van der Waals surface area contributed by atoms with Gasteiger partial charge in [-0.3, -0.25) is 0 Å².